The SMILES string of the molecule is Cc1[nH]c(C=CC(=O)O)c(C#N)c1-c1ccc(C#N)cc1. The summed E-state index contributed by atoms with van der Waals surface area (Å²) in [5.74, 6) is -1.08. The van der Waals surface area contributed by atoms with E-state index in [0.717, 1.165) is 17.3 Å². The lowest BCUT2D eigenvalue weighted by Crippen LogP contribution is -1.87. The molecule has 0 spiro atoms. The summed E-state index contributed by atoms with van der Waals surface area (Å²) < 4.78 is 0. The molecule has 0 saturated carbocycles. The fraction of sp³-hybridized carbons (Fsp3) is 0.0625. The Labute approximate surface area is 121 Å². The number of aromatic nitrogens is 1. The minimum atomic E-state index is -1.08. The molecule has 102 valence electrons. The molecule has 0 unspecified atom stereocenters. The number of hydrogen-bond donors (Lipinski definition) is 2. The van der Waals surface area contributed by atoms with Gasteiger partial charge in [0.15, 0.2) is 0 Å². The highest BCUT2D eigenvalue weighted by atomic mass is 16.4. The summed E-state index contributed by atoms with van der Waals surface area (Å²) in [7, 11) is 0. The number of aryl methyl sites for hydroxylation is 1. The summed E-state index contributed by atoms with van der Waals surface area (Å²) in [4.78, 5) is 13.6. The lowest BCUT2D eigenvalue weighted by molar-refractivity contribution is -0.131. The zero-order chi connectivity index (χ0) is 15.4. The van der Waals surface area contributed by atoms with E-state index in [9.17, 15) is 10.1 Å². The first-order valence-corrected chi connectivity index (χ1v) is 6.11. The highest BCUT2D eigenvalue weighted by Gasteiger charge is 2.15. The summed E-state index contributed by atoms with van der Waals surface area (Å²) in [6, 6.07) is 11.0. The van der Waals surface area contributed by atoms with Crippen LogP contribution in [-0.2, 0) is 4.79 Å². The van der Waals surface area contributed by atoms with E-state index >= 15 is 0 Å². The average molecular weight is 277 g/mol. The predicted molar refractivity (Wildman–Crippen MR) is 77.1 cm³/mol. The van der Waals surface area contributed by atoms with E-state index in [1.807, 2.05) is 13.0 Å². The van der Waals surface area contributed by atoms with Gasteiger partial charge < -0.3 is 10.1 Å². The van der Waals surface area contributed by atoms with E-state index < -0.39 is 5.97 Å². The van der Waals surface area contributed by atoms with Gasteiger partial charge in [-0.2, -0.15) is 10.5 Å². The molecule has 0 aliphatic carbocycles. The lowest BCUT2D eigenvalue weighted by atomic mass is 10.00. The molecule has 1 aromatic heterocycles. The van der Waals surface area contributed by atoms with Crippen molar-refractivity contribution in [3.8, 4) is 23.3 Å². The van der Waals surface area contributed by atoms with Gasteiger partial charge >= 0.3 is 5.97 Å². The van der Waals surface area contributed by atoms with Crippen LogP contribution in [-0.4, -0.2) is 16.1 Å². The van der Waals surface area contributed by atoms with Crippen molar-refractivity contribution in [3.63, 3.8) is 0 Å². The van der Waals surface area contributed by atoms with Gasteiger partial charge in [-0.3, -0.25) is 0 Å². The number of carboxylic acids is 1. The van der Waals surface area contributed by atoms with E-state index in [4.69, 9.17) is 10.4 Å². The Morgan fingerprint density at radius 2 is 1.90 bits per heavy atom. The number of nitriles is 2. The van der Waals surface area contributed by atoms with Gasteiger partial charge in [0.25, 0.3) is 0 Å². The molecule has 0 radical (unpaired) electrons. The van der Waals surface area contributed by atoms with Crippen LogP contribution in [0.25, 0.3) is 17.2 Å². The van der Waals surface area contributed by atoms with E-state index in [1.54, 1.807) is 24.3 Å². The third kappa shape index (κ3) is 2.83. The molecule has 0 aliphatic rings. The minimum Gasteiger partial charge on any atom is -0.478 e. The summed E-state index contributed by atoms with van der Waals surface area (Å²) >= 11 is 0. The lowest BCUT2D eigenvalue weighted by Gasteiger charge is -2.01. The maximum absolute atomic E-state index is 10.6. The van der Waals surface area contributed by atoms with Crippen LogP contribution in [0.3, 0.4) is 0 Å². The second kappa shape index (κ2) is 5.77. The fourth-order valence-electron chi connectivity index (χ4n) is 2.12. The van der Waals surface area contributed by atoms with Gasteiger partial charge in [-0.15, -0.1) is 0 Å². The van der Waals surface area contributed by atoms with Gasteiger partial charge in [-0.1, -0.05) is 12.1 Å². The Morgan fingerprint density at radius 1 is 1.24 bits per heavy atom. The van der Waals surface area contributed by atoms with Crippen LogP contribution in [0.15, 0.2) is 30.3 Å². The van der Waals surface area contributed by atoms with Crippen molar-refractivity contribution in [2.75, 3.05) is 0 Å². The van der Waals surface area contributed by atoms with Crippen molar-refractivity contribution >= 4 is 12.0 Å². The third-order valence-electron chi connectivity index (χ3n) is 3.02. The highest BCUT2D eigenvalue weighted by Crippen LogP contribution is 2.30. The Bertz CT molecular complexity index is 800. The number of rotatable bonds is 3. The van der Waals surface area contributed by atoms with Crippen LogP contribution in [0.5, 0.6) is 0 Å². The van der Waals surface area contributed by atoms with E-state index in [1.165, 1.54) is 6.08 Å². The van der Waals surface area contributed by atoms with Crippen LogP contribution in [0.4, 0.5) is 0 Å². The molecule has 2 aromatic rings. The molecular formula is C16H11N3O2. The molecule has 0 fully saturated rings. The highest BCUT2D eigenvalue weighted by molar-refractivity contribution is 5.87. The van der Waals surface area contributed by atoms with Crippen LogP contribution < -0.4 is 0 Å². The number of carboxylic acid groups (broad SMARTS) is 1. The number of aromatic amines is 1. The Morgan fingerprint density at radius 3 is 2.43 bits per heavy atom. The van der Waals surface area contributed by atoms with Crippen LogP contribution in [0, 0.1) is 29.6 Å². The Hall–Kier alpha value is -3.31. The Kier molecular flexibility index (Phi) is 3.87. The summed E-state index contributed by atoms with van der Waals surface area (Å²) in [5, 5.41) is 26.8. The van der Waals surface area contributed by atoms with E-state index in [2.05, 4.69) is 11.1 Å². The Balaban J connectivity index is 2.56. The van der Waals surface area contributed by atoms with Crippen LogP contribution in [0.1, 0.15) is 22.5 Å². The molecule has 0 aliphatic heterocycles. The quantitative estimate of drug-likeness (QED) is 0.842. The number of carbonyl (C=O) groups is 1. The van der Waals surface area contributed by atoms with E-state index in [0.29, 0.717) is 22.4 Å². The maximum atomic E-state index is 10.6. The van der Waals surface area contributed by atoms with Gasteiger partial charge in [0, 0.05) is 17.3 Å². The van der Waals surface area contributed by atoms with Crippen molar-refractivity contribution < 1.29 is 9.90 Å². The van der Waals surface area contributed by atoms with Gasteiger partial charge in [-0.25, -0.2) is 4.79 Å². The molecule has 5 nitrogen and oxygen atoms in total. The molecule has 2 rings (SSSR count). The molecular weight excluding hydrogens is 266 g/mol. The molecule has 5 heteroatoms. The normalized spacial score (nSPS) is 10.2. The molecule has 1 heterocycles. The maximum Gasteiger partial charge on any atom is 0.328 e. The second-order valence-electron chi connectivity index (χ2n) is 4.39. The first kappa shape index (κ1) is 14.1. The molecule has 1 aromatic carbocycles. The van der Waals surface area contributed by atoms with Gasteiger partial charge in [0.05, 0.1) is 22.9 Å². The standard InChI is InChI=1S/C16H11N3O2/c1-10-16(12-4-2-11(8-17)3-5-12)13(9-18)14(19-10)6-7-15(20)21/h2-7,19H,1H3,(H,20,21). The zero-order valence-electron chi connectivity index (χ0n) is 11.2. The zero-order valence-corrected chi connectivity index (χ0v) is 11.2. The number of aliphatic carboxylic acids is 1. The first-order chi connectivity index (χ1) is 10.1. The van der Waals surface area contributed by atoms with Gasteiger partial charge in [0.2, 0.25) is 0 Å². The number of benzene rings is 1. The van der Waals surface area contributed by atoms with Crippen molar-refractivity contribution in [1.82, 2.24) is 4.98 Å². The van der Waals surface area contributed by atoms with Crippen LogP contribution in [0.2, 0.25) is 0 Å². The second-order valence-corrected chi connectivity index (χ2v) is 4.39. The topological polar surface area (TPSA) is 101 Å². The van der Waals surface area contributed by atoms with Crippen molar-refractivity contribution in [1.29, 1.82) is 10.5 Å². The van der Waals surface area contributed by atoms with E-state index in [-0.39, 0.29) is 0 Å². The largest absolute Gasteiger partial charge is 0.478 e. The molecule has 0 bridgehead atoms. The number of nitrogens with zero attached hydrogens (tertiary/aromatic N) is 2. The molecule has 2 N–H and O–H groups in total. The van der Waals surface area contributed by atoms with Crippen LogP contribution >= 0.6 is 0 Å². The third-order valence-corrected chi connectivity index (χ3v) is 3.02. The predicted octanol–water partition coefficient (Wildman–Crippen LogP) is 2.83. The van der Waals surface area contributed by atoms with Crippen molar-refractivity contribution in [3.05, 3.63) is 52.9 Å². The summed E-state index contributed by atoms with van der Waals surface area (Å²) in [6.07, 6.45) is 2.34. The van der Waals surface area contributed by atoms with Crippen molar-refractivity contribution in [2.45, 2.75) is 6.92 Å². The molecule has 21 heavy (non-hydrogen) atoms. The van der Waals surface area contributed by atoms with Gasteiger partial charge in [0.1, 0.15) is 6.07 Å². The smallest absolute Gasteiger partial charge is 0.328 e. The number of H-pyrrole nitrogens is 1. The monoisotopic (exact) mass is 277 g/mol. The fourth-order valence-corrected chi connectivity index (χ4v) is 2.12. The number of hydrogen-bond acceptors (Lipinski definition) is 3. The average Bonchev–Trinajstić information content (AvgIpc) is 2.81. The summed E-state index contributed by atoms with van der Waals surface area (Å²) in [6.45, 7) is 1.81. The molecule has 0 atom stereocenters. The van der Waals surface area contributed by atoms with Gasteiger partial charge in [-0.05, 0) is 30.7 Å². The van der Waals surface area contributed by atoms with Crippen molar-refractivity contribution in [2.24, 2.45) is 0 Å². The minimum absolute atomic E-state index is 0.384. The molecule has 0 saturated heterocycles. The molecule has 0 amide bonds. The number of nitrogens with one attached hydrogen (secondary N) is 1. The summed E-state index contributed by atoms with van der Waals surface area (Å²) in [5.41, 5.74) is 3.66. The first-order valence-electron chi connectivity index (χ1n) is 6.11.